The Morgan fingerprint density at radius 1 is 1.14 bits per heavy atom. The predicted octanol–water partition coefficient (Wildman–Crippen LogP) is 1.99. The maximum Gasteiger partial charge on any atom is 0.234 e. The maximum atomic E-state index is 12.4. The first-order valence-electron chi connectivity index (χ1n) is 9.32. The minimum atomic E-state index is 0.221. The van der Waals surface area contributed by atoms with Crippen LogP contribution < -0.4 is 11.1 Å². The van der Waals surface area contributed by atoms with Gasteiger partial charge in [0, 0.05) is 25.2 Å². The molecule has 1 amide bonds. The molecule has 126 valence electrons. The SMILES string of the molecule is CC1CCCC(NC(=O)CN2CC3CCCC(N)C3C2)C1C. The number of nitrogens with zero attached hydrogens (tertiary/aromatic N) is 1. The third-order valence-corrected chi connectivity index (χ3v) is 6.65. The van der Waals surface area contributed by atoms with Crippen molar-refractivity contribution in [3.8, 4) is 0 Å². The van der Waals surface area contributed by atoms with Gasteiger partial charge in [0.1, 0.15) is 0 Å². The summed E-state index contributed by atoms with van der Waals surface area (Å²) in [6.07, 6.45) is 7.43. The average Bonchev–Trinajstić information content (AvgIpc) is 2.88. The molecule has 0 bridgehead atoms. The van der Waals surface area contributed by atoms with Crippen LogP contribution in [0.2, 0.25) is 0 Å². The van der Waals surface area contributed by atoms with Crippen molar-refractivity contribution < 1.29 is 4.79 Å². The van der Waals surface area contributed by atoms with Gasteiger partial charge in [0.2, 0.25) is 5.91 Å². The van der Waals surface area contributed by atoms with Crippen molar-refractivity contribution in [1.29, 1.82) is 0 Å². The lowest BCUT2D eigenvalue weighted by Crippen LogP contribution is -2.47. The number of fused-ring (bicyclic) bond motifs is 1. The normalized spacial score (nSPS) is 42.9. The van der Waals surface area contributed by atoms with E-state index < -0.39 is 0 Å². The zero-order chi connectivity index (χ0) is 15.7. The molecule has 1 heterocycles. The minimum absolute atomic E-state index is 0.221. The van der Waals surface area contributed by atoms with Crippen LogP contribution in [-0.4, -0.2) is 42.5 Å². The Labute approximate surface area is 135 Å². The first kappa shape index (κ1) is 16.3. The summed E-state index contributed by atoms with van der Waals surface area (Å²) in [5.74, 6) is 2.90. The van der Waals surface area contributed by atoms with Crippen LogP contribution in [0.25, 0.3) is 0 Å². The summed E-state index contributed by atoms with van der Waals surface area (Å²) >= 11 is 0. The van der Waals surface area contributed by atoms with E-state index in [4.69, 9.17) is 5.73 Å². The molecule has 3 aliphatic rings. The molecule has 6 atom stereocenters. The zero-order valence-corrected chi connectivity index (χ0v) is 14.3. The van der Waals surface area contributed by atoms with Gasteiger partial charge in [0.05, 0.1) is 6.54 Å². The molecule has 3 N–H and O–H groups in total. The van der Waals surface area contributed by atoms with Crippen LogP contribution in [0.15, 0.2) is 0 Å². The van der Waals surface area contributed by atoms with Crippen molar-refractivity contribution in [1.82, 2.24) is 10.2 Å². The van der Waals surface area contributed by atoms with Gasteiger partial charge >= 0.3 is 0 Å². The Bertz CT molecular complexity index is 400. The number of nitrogens with one attached hydrogen (secondary N) is 1. The smallest absolute Gasteiger partial charge is 0.234 e. The van der Waals surface area contributed by atoms with Crippen molar-refractivity contribution in [2.75, 3.05) is 19.6 Å². The maximum absolute atomic E-state index is 12.4. The molecular weight excluding hydrogens is 274 g/mol. The Balaban J connectivity index is 1.48. The van der Waals surface area contributed by atoms with Crippen LogP contribution in [0, 0.1) is 23.7 Å². The van der Waals surface area contributed by atoms with Crippen LogP contribution in [0.4, 0.5) is 0 Å². The van der Waals surface area contributed by atoms with E-state index in [-0.39, 0.29) is 5.91 Å². The lowest BCUT2D eigenvalue weighted by molar-refractivity contribution is -0.123. The molecular formula is C18H33N3O. The van der Waals surface area contributed by atoms with E-state index in [2.05, 4.69) is 24.1 Å². The molecule has 0 spiro atoms. The Kier molecular flexibility index (Phi) is 5.08. The first-order valence-corrected chi connectivity index (χ1v) is 9.32. The van der Waals surface area contributed by atoms with Gasteiger partial charge in [-0.15, -0.1) is 0 Å². The number of carbonyl (C=O) groups excluding carboxylic acids is 1. The number of hydrogen-bond donors (Lipinski definition) is 2. The van der Waals surface area contributed by atoms with Crippen molar-refractivity contribution in [2.24, 2.45) is 29.4 Å². The van der Waals surface area contributed by atoms with Crippen LogP contribution in [0.5, 0.6) is 0 Å². The molecule has 6 unspecified atom stereocenters. The van der Waals surface area contributed by atoms with Crippen molar-refractivity contribution in [2.45, 2.75) is 64.5 Å². The van der Waals surface area contributed by atoms with E-state index in [0.717, 1.165) is 31.3 Å². The summed E-state index contributed by atoms with van der Waals surface area (Å²) < 4.78 is 0. The van der Waals surface area contributed by atoms with Gasteiger partial charge in [-0.25, -0.2) is 0 Å². The molecule has 4 nitrogen and oxygen atoms in total. The van der Waals surface area contributed by atoms with Gasteiger partial charge in [-0.05, 0) is 42.9 Å². The number of hydrogen-bond acceptors (Lipinski definition) is 3. The lowest BCUT2D eigenvalue weighted by Gasteiger charge is -2.35. The van der Waals surface area contributed by atoms with Crippen molar-refractivity contribution >= 4 is 5.91 Å². The van der Waals surface area contributed by atoms with Crippen LogP contribution in [0.1, 0.15) is 52.4 Å². The number of rotatable bonds is 3. The standard InChI is InChI=1S/C18H33N3O/c1-12-5-3-8-17(13(12)2)20-18(22)11-21-9-14-6-4-7-16(19)15(14)10-21/h12-17H,3-11,19H2,1-2H3,(H,20,22). The number of carbonyl (C=O) groups is 1. The molecule has 1 aliphatic heterocycles. The molecule has 2 aliphatic carbocycles. The molecule has 0 radical (unpaired) electrons. The highest BCUT2D eigenvalue weighted by molar-refractivity contribution is 5.78. The van der Waals surface area contributed by atoms with E-state index in [0.29, 0.717) is 30.5 Å². The van der Waals surface area contributed by atoms with Gasteiger partial charge in [-0.3, -0.25) is 9.69 Å². The largest absolute Gasteiger partial charge is 0.352 e. The highest BCUT2D eigenvalue weighted by Gasteiger charge is 2.39. The fourth-order valence-corrected chi connectivity index (χ4v) is 4.98. The number of amides is 1. The molecule has 22 heavy (non-hydrogen) atoms. The summed E-state index contributed by atoms with van der Waals surface area (Å²) in [6.45, 7) is 7.27. The summed E-state index contributed by atoms with van der Waals surface area (Å²) in [4.78, 5) is 14.8. The minimum Gasteiger partial charge on any atom is -0.352 e. The molecule has 0 aromatic heterocycles. The van der Waals surface area contributed by atoms with Crippen LogP contribution in [0.3, 0.4) is 0 Å². The van der Waals surface area contributed by atoms with E-state index in [1.807, 2.05) is 0 Å². The molecule has 3 rings (SSSR count). The quantitative estimate of drug-likeness (QED) is 0.838. The molecule has 3 fully saturated rings. The molecule has 1 saturated heterocycles. The van der Waals surface area contributed by atoms with Gasteiger partial charge in [0.25, 0.3) is 0 Å². The van der Waals surface area contributed by atoms with Crippen LogP contribution in [-0.2, 0) is 4.79 Å². The van der Waals surface area contributed by atoms with Crippen LogP contribution >= 0.6 is 0 Å². The second-order valence-electron chi connectivity index (χ2n) is 8.15. The molecule has 4 heteroatoms. The third kappa shape index (κ3) is 3.48. The molecule has 2 saturated carbocycles. The Morgan fingerprint density at radius 3 is 2.68 bits per heavy atom. The fourth-order valence-electron chi connectivity index (χ4n) is 4.98. The van der Waals surface area contributed by atoms with E-state index >= 15 is 0 Å². The van der Waals surface area contributed by atoms with Gasteiger partial charge in [-0.2, -0.15) is 0 Å². The van der Waals surface area contributed by atoms with Gasteiger partial charge < -0.3 is 11.1 Å². The first-order chi connectivity index (χ1) is 10.5. The summed E-state index contributed by atoms with van der Waals surface area (Å²) in [6, 6.07) is 0.731. The monoisotopic (exact) mass is 307 g/mol. The van der Waals surface area contributed by atoms with Gasteiger partial charge in [-0.1, -0.05) is 33.1 Å². The fraction of sp³-hybridized carbons (Fsp3) is 0.944. The number of nitrogens with two attached hydrogens (primary N) is 1. The van der Waals surface area contributed by atoms with E-state index in [1.54, 1.807) is 0 Å². The van der Waals surface area contributed by atoms with Gasteiger partial charge in [0.15, 0.2) is 0 Å². The average molecular weight is 307 g/mol. The molecule has 0 aromatic carbocycles. The van der Waals surface area contributed by atoms with Crippen molar-refractivity contribution in [3.63, 3.8) is 0 Å². The second-order valence-corrected chi connectivity index (χ2v) is 8.15. The summed E-state index contributed by atoms with van der Waals surface area (Å²) in [5.41, 5.74) is 6.27. The summed E-state index contributed by atoms with van der Waals surface area (Å²) in [5, 5.41) is 3.31. The highest BCUT2D eigenvalue weighted by atomic mass is 16.2. The number of likely N-dealkylation sites (tertiary alicyclic amines) is 1. The zero-order valence-electron chi connectivity index (χ0n) is 14.3. The topological polar surface area (TPSA) is 58.4 Å². The predicted molar refractivity (Wildman–Crippen MR) is 89.4 cm³/mol. The Morgan fingerprint density at radius 2 is 1.91 bits per heavy atom. The van der Waals surface area contributed by atoms with E-state index in [1.165, 1.54) is 32.1 Å². The second kappa shape index (κ2) is 6.88. The van der Waals surface area contributed by atoms with E-state index in [9.17, 15) is 4.79 Å². The van der Waals surface area contributed by atoms with Crippen molar-refractivity contribution in [3.05, 3.63) is 0 Å². The summed E-state index contributed by atoms with van der Waals surface area (Å²) in [7, 11) is 0. The Hall–Kier alpha value is -0.610. The molecule has 0 aromatic rings. The lowest BCUT2D eigenvalue weighted by atomic mass is 9.78. The third-order valence-electron chi connectivity index (χ3n) is 6.65. The highest BCUT2D eigenvalue weighted by Crippen LogP contribution is 2.35.